The first-order valence-electron chi connectivity index (χ1n) is 4.58. The van der Waals surface area contributed by atoms with Gasteiger partial charge >= 0.3 is 5.97 Å². The summed E-state index contributed by atoms with van der Waals surface area (Å²) in [5.74, 6) is 3.58. The lowest BCUT2D eigenvalue weighted by Gasteiger charge is -1.96. The van der Waals surface area contributed by atoms with Crippen LogP contribution < -0.4 is 0 Å². The second-order valence-corrected chi connectivity index (χ2v) is 2.95. The van der Waals surface area contributed by atoms with Gasteiger partial charge in [-0.1, -0.05) is 12.0 Å². The van der Waals surface area contributed by atoms with Gasteiger partial charge in [0.25, 0.3) is 0 Å². The Hall–Kier alpha value is -1.82. The molecule has 0 saturated carbocycles. The van der Waals surface area contributed by atoms with Gasteiger partial charge < -0.3 is 4.74 Å². The molecular weight excluding hydrogens is 195 g/mol. The van der Waals surface area contributed by atoms with Crippen molar-refractivity contribution in [3.05, 3.63) is 35.1 Å². The predicted octanol–water partition coefficient (Wildman–Crippen LogP) is 2.05. The molecule has 0 aliphatic rings. The van der Waals surface area contributed by atoms with E-state index in [4.69, 9.17) is 0 Å². The Morgan fingerprint density at radius 3 is 2.93 bits per heavy atom. The minimum absolute atomic E-state index is 0.211. The number of ether oxygens (including phenoxy) is 1. The van der Waals surface area contributed by atoms with Crippen molar-refractivity contribution < 1.29 is 13.9 Å². The minimum Gasteiger partial charge on any atom is -0.456 e. The summed E-state index contributed by atoms with van der Waals surface area (Å²) in [5, 5.41) is 0. The van der Waals surface area contributed by atoms with Crippen molar-refractivity contribution in [2.24, 2.45) is 0 Å². The van der Waals surface area contributed by atoms with Gasteiger partial charge in [0.1, 0.15) is 5.82 Å². The van der Waals surface area contributed by atoms with E-state index in [2.05, 4.69) is 16.6 Å². The van der Waals surface area contributed by atoms with Gasteiger partial charge in [-0.2, -0.15) is 0 Å². The van der Waals surface area contributed by atoms with Crippen molar-refractivity contribution in [2.45, 2.75) is 13.8 Å². The molecule has 78 valence electrons. The lowest BCUT2D eigenvalue weighted by Crippen LogP contribution is -1.99. The van der Waals surface area contributed by atoms with Gasteiger partial charge in [-0.05, 0) is 31.5 Å². The average molecular weight is 206 g/mol. The van der Waals surface area contributed by atoms with E-state index < -0.39 is 11.8 Å². The highest BCUT2D eigenvalue weighted by molar-refractivity contribution is 5.89. The first-order valence-corrected chi connectivity index (χ1v) is 4.58. The molecule has 1 rings (SSSR count). The first-order chi connectivity index (χ1) is 7.13. The lowest BCUT2D eigenvalue weighted by molar-refractivity contribution is -0.136. The van der Waals surface area contributed by atoms with Crippen LogP contribution in [0.2, 0.25) is 0 Å². The van der Waals surface area contributed by atoms with E-state index in [9.17, 15) is 9.18 Å². The van der Waals surface area contributed by atoms with Crippen LogP contribution >= 0.6 is 0 Å². The van der Waals surface area contributed by atoms with Crippen LogP contribution in [-0.2, 0) is 9.53 Å². The highest BCUT2D eigenvalue weighted by Gasteiger charge is 1.99. The van der Waals surface area contributed by atoms with E-state index in [-0.39, 0.29) is 12.2 Å². The topological polar surface area (TPSA) is 26.3 Å². The van der Waals surface area contributed by atoms with Gasteiger partial charge in [0.2, 0.25) is 0 Å². The molecule has 0 bridgehead atoms. The molecule has 1 aromatic carbocycles. The molecule has 0 saturated heterocycles. The number of carbonyl (C=O) groups excluding carboxylic acids is 1. The van der Waals surface area contributed by atoms with Crippen LogP contribution in [0.1, 0.15) is 18.1 Å². The quantitative estimate of drug-likeness (QED) is 0.519. The van der Waals surface area contributed by atoms with Crippen molar-refractivity contribution in [2.75, 3.05) is 6.61 Å². The zero-order valence-corrected chi connectivity index (χ0v) is 8.63. The molecule has 0 N–H and O–H groups in total. The van der Waals surface area contributed by atoms with E-state index in [0.29, 0.717) is 0 Å². The molecule has 15 heavy (non-hydrogen) atoms. The molecule has 0 atom stereocenters. The molecule has 0 heterocycles. The van der Waals surface area contributed by atoms with Gasteiger partial charge in [0.15, 0.2) is 0 Å². The number of aryl methyl sites for hydroxylation is 1. The van der Waals surface area contributed by atoms with Gasteiger partial charge in [0.05, 0.1) is 12.2 Å². The maximum absolute atomic E-state index is 13.2. The molecule has 0 fully saturated rings. The highest BCUT2D eigenvalue weighted by Crippen LogP contribution is 2.08. The fourth-order valence-corrected chi connectivity index (χ4v) is 1.02. The third-order valence-corrected chi connectivity index (χ3v) is 1.70. The van der Waals surface area contributed by atoms with E-state index in [1.807, 2.05) is 6.92 Å². The van der Waals surface area contributed by atoms with Crippen molar-refractivity contribution in [1.29, 1.82) is 0 Å². The monoisotopic (exact) mass is 206 g/mol. The second-order valence-electron chi connectivity index (χ2n) is 2.95. The summed E-state index contributed by atoms with van der Waals surface area (Å²) in [6.07, 6.45) is 0. The molecular formula is C12H11FO2. The predicted molar refractivity (Wildman–Crippen MR) is 54.6 cm³/mol. The Morgan fingerprint density at radius 1 is 1.53 bits per heavy atom. The number of halogens is 1. The van der Waals surface area contributed by atoms with Gasteiger partial charge in [0, 0.05) is 5.92 Å². The molecule has 3 heteroatoms. The van der Waals surface area contributed by atoms with Gasteiger partial charge in [-0.25, -0.2) is 9.18 Å². The molecule has 2 nitrogen and oxygen atoms in total. The summed E-state index contributed by atoms with van der Waals surface area (Å²) in [6.45, 7) is 3.78. The van der Waals surface area contributed by atoms with E-state index in [1.54, 1.807) is 19.1 Å². The molecule has 0 amide bonds. The Morgan fingerprint density at radius 2 is 2.27 bits per heavy atom. The summed E-state index contributed by atoms with van der Waals surface area (Å²) < 4.78 is 17.7. The first kappa shape index (κ1) is 11.3. The van der Waals surface area contributed by atoms with E-state index >= 15 is 0 Å². The van der Waals surface area contributed by atoms with Crippen molar-refractivity contribution >= 4 is 5.97 Å². The third-order valence-electron chi connectivity index (χ3n) is 1.70. The van der Waals surface area contributed by atoms with Crippen LogP contribution in [0.25, 0.3) is 0 Å². The Bertz CT molecular complexity index is 427. The minimum atomic E-state index is -0.640. The summed E-state index contributed by atoms with van der Waals surface area (Å²) in [7, 11) is 0. The Balaban J connectivity index is 2.88. The molecule has 0 unspecified atom stereocenters. The van der Waals surface area contributed by atoms with Crippen molar-refractivity contribution in [3.63, 3.8) is 0 Å². The molecule has 0 spiro atoms. The van der Waals surface area contributed by atoms with Gasteiger partial charge in [-0.3, -0.25) is 0 Å². The number of hydrogen-bond acceptors (Lipinski definition) is 2. The number of benzene rings is 1. The van der Waals surface area contributed by atoms with Crippen LogP contribution in [0, 0.1) is 24.6 Å². The molecule has 0 radical (unpaired) electrons. The third kappa shape index (κ3) is 3.43. The van der Waals surface area contributed by atoms with Crippen LogP contribution in [-0.4, -0.2) is 12.6 Å². The summed E-state index contributed by atoms with van der Waals surface area (Å²) in [4.78, 5) is 10.9. The summed E-state index contributed by atoms with van der Waals surface area (Å²) in [5.41, 5.74) is 1.10. The van der Waals surface area contributed by atoms with Crippen LogP contribution in [0.15, 0.2) is 18.2 Å². The number of carbonyl (C=O) groups is 1. The number of esters is 1. The Kier molecular flexibility index (Phi) is 3.87. The van der Waals surface area contributed by atoms with Gasteiger partial charge in [-0.15, -0.1) is 0 Å². The summed E-state index contributed by atoms with van der Waals surface area (Å²) in [6, 6.07) is 4.55. The lowest BCUT2D eigenvalue weighted by atomic mass is 10.1. The zero-order chi connectivity index (χ0) is 11.3. The fraction of sp³-hybridized carbons (Fsp3) is 0.250. The number of rotatable bonds is 1. The smallest absolute Gasteiger partial charge is 0.384 e. The maximum Gasteiger partial charge on any atom is 0.384 e. The fourth-order valence-electron chi connectivity index (χ4n) is 1.02. The second kappa shape index (κ2) is 5.16. The number of hydrogen-bond donors (Lipinski definition) is 0. The molecule has 0 aliphatic heterocycles. The molecule has 0 aromatic heterocycles. The van der Waals surface area contributed by atoms with Crippen molar-refractivity contribution in [1.82, 2.24) is 0 Å². The largest absolute Gasteiger partial charge is 0.456 e. The standard InChI is InChI=1S/C12H11FO2/c1-3-15-12(14)7-5-10-8-9(2)4-6-11(10)13/h4,6,8H,3H2,1-2H3. The SMILES string of the molecule is CCOC(=O)C#Cc1cc(C)ccc1F. The highest BCUT2D eigenvalue weighted by atomic mass is 19.1. The molecule has 1 aromatic rings. The maximum atomic E-state index is 13.2. The van der Waals surface area contributed by atoms with E-state index in [1.165, 1.54) is 6.07 Å². The van der Waals surface area contributed by atoms with Crippen LogP contribution in [0.5, 0.6) is 0 Å². The van der Waals surface area contributed by atoms with E-state index in [0.717, 1.165) is 5.56 Å². The normalized spacial score (nSPS) is 9.00. The zero-order valence-electron chi connectivity index (χ0n) is 8.63. The van der Waals surface area contributed by atoms with Crippen LogP contribution in [0.4, 0.5) is 4.39 Å². The average Bonchev–Trinajstić information content (AvgIpc) is 2.20. The Labute approximate surface area is 88.1 Å². The molecule has 0 aliphatic carbocycles. The van der Waals surface area contributed by atoms with Crippen LogP contribution in [0.3, 0.4) is 0 Å². The summed E-state index contributed by atoms with van der Waals surface area (Å²) >= 11 is 0. The van der Waals surface area contributed by atoms with Crippen molar-refractivity contribution in [3.8, 4) is 11.8 Å².